The van der Waals surface area contributed by atoms with Gasteiger partial charge in [-0.25, -0.2) is 9.36 Å². The molecule has 4 aromatic rings. The summed E-state index contributed by atoms with van der Waals surface area (Å²) in [6, 6.07) is 13.9. The lowest BCUT2D eigenvalue weighted by atomic mass is 10.1. The summed E-state index contributed by atoms with van der Waals surface area (Å²) < 4.78 is 48.2. The number of benzene rings is 2. The van der Waals surface area contributed by atoms with Crippen LogP contribution in [0.1, 0.15) is 18.2 Å². The molecule has 0 aliphatic carbocycles. The number of methoxy groups -OCH3 is 1. The van der Waals surface area contributed by atoms with Crippen LogP contribution in [0, 0.1) is 0 Å². The third kappa shape index (κ3) is 5.16. The average Bonchev–Trinajstić information content (AvgIpc) is 3.47. The Balaban J connectivity index is 0.000000968. The van der Waals surface area contributed by atoms with Gasteiger partial charge in [-0.3, -0.25) is 0 Å². The Labute approximate surface area is 186 Å². The molecule has 4 rings (SSSR count). The van der Waals surface area contributed by atoms with Crippen molar-refractivity contribution in [1.82, 2.24) is 24.8 Å². The van der Waals surface area contributed by atoms with E-state index in [1.54, 1.807) is 49.2 Å². The number of hydrogen-bond acceptors (Lipinski definition) is 6. The second-order valence-electron chi connectivity index (χ2n) is 6.66. The van der Waals surface area contributed by atoms with Crippen LogP contribution in [-0.2, 0) is 22.2 Å². The number of halogens is 3. The number of hydrogen-bond donors (Lipinski definition) is 0. The van der Waals surface area contributed by atoms with Crippen LogP contribution in [0.15, 0.2) is 60.9 Å². The molecule has 0 saturated heterocycles. The minimum atomic E-state index is -4.49. The maximum absolute atomic E-state index is 13.5. The average molecular weight is 457 g/mol. The lowest BCUT2D eigenvalue weighted by Gasteiger charge is -2.12. The highest BCUT2D eigenvalue weighted by Gasteiger charge is 2.38. The lowest BCUT2D eigenvalue weighted by molar-refractivity contribution is -0.191. The van der Waals surface area contributed by atoms with E-state index in [2.05, 4.69) is 15.4 Å². The summed E-state index contributed by atoms with van der Waals surface area (Å²) in [5, 5.41) is 12.2. The molecular weight excluding hydrogens is 439 g/mol. The molecule has 2 aromatic carbocycles. The quantitative estimate of drug-likeness (QED) is 0.448. The molecule has 0 amide bonds. The summed E-state index contributed by atoms with van der Waals surface area (Å²) >= 11 is 0. The fourth-order valence-corrected chi connectivity index (χ4v) is 3.19. The predicted octanol–water partition coefficient (Wildman–Crippen LogP) is 4.13. The zero-order valence-electron chi connectivity index (χ0n) is 17.6. The molecule has 0 atom stereocenters. The highest BCUT2D eigenvalue weighted by molar-refractivity contribution is 5.60. The normalized spacial score (nSPS) is 10.8. The molecule has 0 saturated carbocycles. The lowest BCUT2D eigenvalue weighted by Crippen LogP contribution is -2.15. The highest BCUT2D eigenvalue weighted by atomic mass is 19.4. The van der Waals surface area contributed by atoms with Crippen molar-refractivity contribution < 1.29 is 27.5 Å². The van der Waals surface area contributed by atoms with E-state index < -0.39 is 11.9 Å². The number of nitrogens with zero attached hydrogens (tertiary/aromatic N) is 5. The van der Waals surface area contributed by atoms with Gasteiger partial charge in [0.2, 0.25) is 0 Å². The smallest absolute Gasteiger partial charge is 0.433 e. The minimum Gasteiger partial charge on any atom is -0.497 e. The van der Waals surface area contributed by atoms with Crippen molar-refractivity contribution in [3.05, 3.63) is 72.2 Å². The molecule has 0 spiro atoms. The standard InChI is InChI=1S/C21H18F3N5O.CO2/c1-3-14-12-25-29(20(14)21(22,23)24)16-9-7-15(8-10-16)19-13-28(27-26-19)17-5-4-6-18(11-17)30-2;2-1-3/h4-13H,3H2,1-2H3;. The molecule has 2 aromatic heterocycles. The van der Waals surface area contributed by atoms with Crippen LogP contribution in [-0.4, -0.2) is 38.0 Å². The van der Waals surface area contributed by atoms with Gasteiger partial charge in [0, 0.05) is 17.2 Å². The van der Waals surface area contributed by atoms with E-state index >= 15 is 0 Å². The van der Waals surface area contributed by atoms with Gasteiger partial charge in [0.15, 0.2) is 5.69 Å². The van der Waals surface area contributed by atoms with Gasteiger partial charge in [-0.05, 0) is 30.7 Å². The zero-order chi connectivity index (χ0) is 24.0. The largest absolute Gasteiger partial charge is 0.497 e. The third-order valence-electron chi connectivity index (χ3n) is 4.71. The first kappa shape index (κ1) is 23.4. The second kappa shape index (κ2) is 9.92. The van der Waals surface area contributed by atoms with Crippen LogP contribution in [0.4, 0.5) is 13.2 Å². The molecule has 8 nitrogen and oxygen atoms in total. The van der Waals surface area contributed by atoms with Crippen LogP contribution in [0.2, 0.25) is 0 Å². The van der Waals surface area contributed by atoms with Crippen LogP contribution in [0.3, 0.4) is 0 Å². The summed E-state index contributed by atoms with van der Waals surface area (Å²) in [5.74, 6) is 0.694. The highest BCUT2D eigenvalue weighted by Crippen LogP contribution is 2.34. The van der Waals surface area contributed by atoms with Crippen LogP contribution >= 0.6 is 0 Å². The third-order valence-corrected chi connectivity index (χ3v) is 4.71. The Morgan fingerprint density at radius 1 is 1.06 bits per heavy atom. The molecule has 0 bridgehead atoms. The number of ether oxygens (including phenoxy) is 1. The monoisotopic (exact) mass is 457 g/mol. The molecule has 33 heavy (non-hydrogen) atoms. The molecule has 11 heteroatoms. The van der Waals surface area contributed by atoms with E-state index in [0.717, 1.165) is 15.9 Å². The maximum Gasteiger partial charge on any atom is 0.433 e. The van der Waals surface area contributed by atoms with Crippen LogP contribution < -0.4 is 4.74 Å². The van der Waals surface area contributed by atoms with Gasteiger partial charge in [0.25, 0.3) is 0 Å². The topological polar surface area (TPSA) is 91.9 Å². The SMILES string of the molecule is CCc1cnn(-c2ccc(-c3cn(-c4cccc(OC)c4)nn3)cc2)c1C(F)(F)F.O=C=O. The van der Waals surface area contributed by atoms with Crippen molar-refractivity contribution in [2.75, 3.05) is 7.11 Å². The van der Waals surface area contributed by atoms with Crippen LogP contribution in [0.5, 0.6) is 5.75 Å². The van der Waals surface area contributed by atoms with Gasteiger partial charge in [-0.1, -0.05) is 30.3 Å². The summed E-state index contributed by atoms with van der Waals surface area (Å²) in [5.41, 5.74) is 1.84. The van der Waals surface area contributed by atoms with Gasteiger partial charge in [0.1, 0.15) is 11.4 Å². The second-order valence-corrected chi connectivity index (χ2v) is 6.66. The number of carbonyl (C=O) groups excluding carboxylic acids is 2. The van der Waals surface area contributed by atoms with Crippen molar-refractivity contribution in [2.45, 2.75) is 19.5 Å². The van der Waals surface area contributed by atoms with Gasteiger partial charge < -0.3 is 4.74 Å². The summed E-state index contributed by atoms with van der Waals surface area (Å²) in [4.78, 5) is 16.2. The molecule has 0 aliphatic heterocycles. The zero-order valence-corrected chi connectivity index (χ0v) is 17.6. The number of aryl methyl sites for hydroxylation is 1. The first-order chi connectivity index (χ1) is 15.8. The number of aromatic nitrogens is 5. The van der Waals surface area contributed by atoms with E-state index in [1.165, 1.54) is 6.20 Å². The first-order valence-electron chi connectivity index (χ1n) is 9.63. The van der Waals surface area contributed by atoms with E-state index in [1.807, 2.05) is 24.3 Å². The van der Waals surface area contributed by atoms with Gasteiger partial charge in [-0.15, -0.1) is 5.10 Å². The van der Waals surface area contributed by atoms with Crippen molar-refractivity contribution in [3.63, 3.8) is 0 Å². The molecular formula is C22H18F3N5O3. The molecule has 0 unspecified atom stereocenters. The first-order valence-corrected chi connectivity index (χ1v) is 9.63. The van der Waals surface area contributed by atoms with Gasteiger partial charge in [0.05, 0.1) is 30.9 Å². The Hall–Kier alpha value is -4.24. The summed E-state index contributed by atoms with van der Waals surface area (Å²) in [6.45, 7) is 1.67. The predicted molar refractivity (Wildman–Crippen MR) is 110 cm³/mol. The molecule has 2 heterocycles. The van der Waals surface area contributed by atoms with E-state index in [0.29, 0.717) is 17.1 Å². The van der Waals surface area contributed by atoms with Crippen molar-refractivity contribution in [2.24, 2.45) is 0 Å². The number of rotatable bonds is 5. The Kier molecular flexibility index (Phi) is 7.04. The molecule has 170 valence electrons. The Morgan fingerprint density at radius 3 is 2.36 bits per heavy atom. The fraction of sp³-hybridized carbons (Fsp3) is 0.182. The van der Waals surface area contributed by atoms with E-state index in [9.17, 15) is 13.2 Å². The molecule has 0 fully saturated rings. The summed E-state index contributed by atoms with van der Waals surface area (Å²) in [6.07, 6.45) is -0.981. The molecule has 0 aliphatic rings. The van der Waals surface area contributed by atoms with E-state index in [4.69, 9.17) is 14.3 Å². The Bertz CT molecular complexity index is 1260. The van der Waals surface area contributed by atoms with E-state index in [-0.39, 0.29) is 18.1 Å². The molecule has 0 N–H and O–H groups in total. The fourth-order valence-electron chi connectivity index (χ4n) is 3.19. The maximum atomic E-state index is 13.5. The van der Waals surface area contributed by atoms with Crippen molar-refractivity contribution in [1.29, 1.82) is 0 Å². The van der Waals surface area contributed by atoms with Gasteiger partial charge in [-0.2, -0.15) is 27.9 Å². The van der Waals surface area contributed by atoms with Crippen molar-refractivity contribution in [3.8, 4) is 28.4 Å². The number of alkyl halides is 3. The van der Waals surface area contributed by atoms with Gasteiger partial charge >= 0.3 is 12.3 Å². The van der Waals surface area contributed by atoms with Crippen LogP contribution in [0.25, 0.3) is 22.6 Å². The minimum absolute atomic E-state index is 0.160. The molecule has 0 radical (unpaired) electrons. The summed E-state index contributed by atoms with van der Waals surface area (Å²) in [7, 11) is 1.58. The van der Waals surface area contributed by atoms with Crippen molar-refractivity contribution >= 4 is 6.15 Å². The Morgan fingerprint density at radius 2 is 1.76 bits per heavy atom.